The van der Waals surface area contributed by atoms with Crippen molar-refractivity contribution < 1.29 is 4.39 Å². The van der Waals surface area contributed by atoms with Crippen molar-refractivity contribution in [2.45, 2.75) is 0 Å². The van der Waals surface area contributed by atoms with Crippen LogP contribution in [0.1, 0.15) is 5.56 Å². The molecular weight excluding hydrogens is 274 g/mol. The molecular formula is C13H7Cl2FN2. The number of nitriles is 1. The van der Waals surface area contributed by atoms with Gasteiger partial charge in [0.25, 0.3) is 0 Å². The lowest BCUT2D eigenvalue weighted by atomic mass is 10.2. The van der Waals surface area contributed by atoms with Crippen LogP contribution in [0.25, 0.3) is 0 Å². The van der Waals surface area contributed by atoms with Gasteiger partial charge in [0.1, 0.15) is 5.82 Å². The van der Waals surface area contributed by atoms with Crippen LogP contribution >= 0.6 is 23.2 Å². The molecule has 2 aromatic carbocycles. The van der Waals surface area contributed by atoms with E-state index in [-0.39, 0.29) is 5.56 Å². The van der Waals surface area contributed by atoms with Crippen molar-refractivity contribution in [3.8, 4) is 6.07 Å². The van der Waals surface area contributed by atoms with Gasteiger partial charge in [-0.3, -0.25) is 0 Å². The zero-order valence-corrected chi connectivity index (χ0v) is 10.6. The number of anilines is 2. The number of nitrogens with zero attached hydrogens (tertiary/aromatic N) is 1. The molecule has 5 heteroatoms. The van der Waals surface area contributed by atoms with E-state index < -0.39 is 5.82 Å². The van der Waals surface area contributed by atoms with Gasteiger partial charge in [-0.1, -0.05) is 23.2 Å². The maximum atomic E-state index is 13.2. The summed E-state index contributed by atoms with van der Waals surface area (Å²) < 4.78 is 13.2. The molecule has 18 heavy (non-hydrogen) atoms. The molecule has 0 heterocycles. The van der Waals surface area contributed by atoms with E-state index in [2.05, 4.69) is 5.32 Å². The number of hydrogen-bond donors (Lipinski definition) is 1. The Bertz CT molecular complexity index is 635. The maximum absolute atomic E-state index is 13.2. The minimum absolute atomic E-state index is 0.232. The Labute approximate surface area is 114 Å². The van der Waals surface area contributed by atoms with E-state index in [1.807, 2.05) is 6.07 Å². The van der Waals surface area contributed by atoms with Crippen molar-refractivity contribution in [1.29, 1.82) is 5.26 Å². The van der Waals surface area contributed by atoms with Crippen LogP contribution in [0.3, 0.4) is 0 Å². The van der Waals surface area contributed by atoms with Crippen LogP contribution in [-0.4, -0.2) is 0 Å². The zero-order chi connectivity index (χ0) is 13.1. The van der Waals surface area contributed by atoms with Crippen molar-refractivity contribution in [2.24, 2.45) is 0 Å². The molecule has 0 fully saturated rings. The summed E-state index contributed by atoms with van der Waals surface area (Å²) in [6.07, 6.45) is 0. The van der Waals surface area contributed by atoms with Gasteiger partial charge in [0.2, 0.25) is 0 Å². The molecule has 90 valence electrons. The molecule has 2 nitrogen and oxygen atoms in total. The molecule has 0 aliphatic rings. The molecule has 0 aromatic heterocycles. The van der Waals surface area contributed by atoms with Crippen LogP contribution in [0.2, 0.25) is 10.0 Å². The highest BCUT2D eigenvalue weighted by Crippen LogP contribution is 2.29. The van der Waals surface area contributed by atoms with Crippen molar-refractivity contribution in [3.63, 3.8) is 0 Å². The van der Waals surface area contributed by atoms with E-state index in [0.717, 1.165) is 6.07 Å². The van der Waals surface area contributed by atoms with Crippen LogP contribution in [0.5, 0.6) is 0 Å². The van der Waals surface area contributed by atoms with E-state index in [0.29, 0.717) is 21.4 Å². The largest absolute Gasteiger partial charge is 0.354 e. The first kappa shape index (κ1) is 12.7. The fourth-order valence-corrected chi connectivity index (χ4v) is 1.81. The molecule has 0 aliphatic carbocycles. The smallest absolute Gasteiger partial charge is 0.126 e. The van der Waals surface area contributed by atoms with Gasteiger partial charge in [0, 0.05) is 10.7 Å². The summed E-state index contributed by atoms with van der Waals surface area (Å²) in [7, 11) is 0. The van der Waals surface area contributed by atoms with E-state index in [1.165, 1.54) is 12.1 Å². The number of hydrogen-bond acceptors (Lipinski definition) is 2. The van der Waals surface area contributed by atoms with Gasteiger partial charge in [0.15, 0.2) is 0 Å². The Morgan fingerprint density at radius 2 is 1.89 bits per heavy atom. The second-order valence-corrected chi connectivity index (χ2v) is 4.43. The maximum Gasteiger partial charge on any atom is 0.126 e. The van der Waals surface area contributed by atoms with E-state index in [9.17, 15) is 4.39 Å². The number of nitrogens with one attached hydrogen (secondary N) is 1. The van der Waals surface area contributed by atoms with E-state index in [4.69, 9.17) is 28.5 Å². The lowest BCUT2D eigenvalue weighted by Crippen LogP contribution is -1.93. The first-order valence-corrected chi connectivity index (χ1v) is 5.77. The van der Waals surface area contributed by atoms with Crippen LogP contribution in [0, 0.1) is 17.1 Å². The standard InChI is InChI=1S/C13H7Cl2FN2/c14-9-1-2-12(15)13(5-9)18-11-4-8(7-17)3-10(16)6-11/h1-6,18H. The molecule has 0 saturated carbocycles. The first-order valence-electron chi connectivity index (χ1n) is 5.01. The molecule has 0 atom stereocenters. The third-order valence-corrected chi connectivity index (χ3v) is 2.80. The van der Waals surface area contributed by atoms with Gasteiger partial charge in [0.05, 0.1) is 22.3 Å². The number of benzene rings is 2. The summed E-state index contributed by atoms with van der Waals surface area (Å²) in [5.41, 5.74) is 1.23. The number of halogens is 3. The predicted molar refractivity (Wildman–Crippen MR) is 70.9 cm³/mol. The summed E-state index contributed by atoms with van der Waals surface area (Å²) in [4.78, 5) is 0. The normalized spacial score (nSPS) is 9.89. The summed E-state index contributed by atoms with van der Waals surface area (Å²) in [6, 6.07) is 10.8. The van der Waals surface area contributed by atoms with E-state index >= 15 is 0 Å². The second-order valence-electron chi connectivity index (χ2n) is 3.59. The summed E-state index contributed by atoms with van der Waals surface area (Å²) in [5.74, 6) is -0.491. The highest BCUT2D eigenvalue weighted by atomic mass is 35.5. The second kappa shape index (κ2) is 5.26. The summed E-state index contributed by atoms with van der Waals surface area (Å²) in [6.45, 7) is 0. The Hall–Kier alpha value is -1.76. The quantitative estimate of drug-likeness (QED) is 0.862. The van der Waals surface area contributed by atoms with Crippen LogP contribution in [0.4, 0.5) is 15.8 Å². The zero-order valence-electron chi connectivity index (χ0n) is 9.05. The SMILES string of the molecule is N#Cc1cc(F)cc(Nc2cc(Cl)ccc2Cl)c1. The van der Waals surface area contributed by atoms with Crippen LogP contribution < -0.4 is 5.32 Å². The lowest BCUT2D eigenvalue weighted by Gasteiger charge is -2.09. The fourth-order valence-electron chi connectivity index (χ4n) is 1.48. The molecule has 1 N–H and O–H groups in total. The van der Waals surface area contributed by atoms with Crippen molar-refractivity contribution >= 4 is 34.6 Å². The monoisotopic (exact) mass is 280 g/mol. The Kier molecular flexibility index (Phi) is 3.71. The topological polar surface area (TPSA) is 35.8 Å². The Balaban J connectivity index is 2.37. The molecule has 0 spiro atoms. The van der Waals surface area contributed by atoms with Crippen molar-refractivity contribution in [3.05, 3.63) is 57.8 Å². The van der Waals surface area contributed by atoms with Crippen LogP contribution in [0.15, 0.2) is 36.4 Å². The molecule has 0 bridgehead atoms. The van der Waals surface area contributed by atoms with Gasteiger partial charge in [-0.25, -0.2) is 4.39 Å². The Morgan fingerprint density at radius 3 is 2.61 bits per heavy atom. The van der Waals surface area contributed by atoms with Gasteiger partial charge < -0.3 is 5.32 Å². The van der Waals surface area contributed by atoms with Crippen molar-refractivity contribution in [1.82, 2.24) is 0 Å². The number of rotatable bonds is 2. The highest BCUT2D eigenvalue weighted by molar-refractivity contribution is 6.35. The van der Waals surface area contributed by atoms with E-state index in [1.54, 1.807) is 18.2 Å². The molecule has 0 unspecified atom stereocenters. The highest BCUT2D eigenvalue weighted by Gasteiger charge is 2.04. The van der Waals surface area contributed by atoms with Gasteiger partial charge >= 0.3 is 0 Å². The molecule has 0 aliphatic heterocycles. The molecule has 0 radical (unpaired) electrons. The molecule has 2 aromatic rings. The minimum atomic E-state index is -0.491. The fraction of sp³-hybridized carbons (Fsp3) is 0. The van der Waals surface area contributed by atoms with Gasteiger partial charge in [-0.2, -0.15) is 5.26 Å². The van der Waals surface area contributed by atoms with Gasteiger partial charge in [-0.05, 0) is 36.4 Å². The van der Waals surface area contributed by atoms with Gasteiger partial charge in [-0.15, -0.1) is 0 Å². The summed E-state index contributed by atoms with van der Waals surface area (Å²) in [5, 5.41) is 12.7. The molecule has 2 rings (SSSR count). The Morgan fingerprint density at radius 1 is 1.11 bits per heavy atom. The van der Waals surface area contributed by atoms with Crippen LogP contribution in [-0.2, 0) is 0 Å². The predicted octanol–water partition coefficient (Wildman–Crippen LogP) is 4.75. The third kappa shape index (κ3) is 2.92. The molecule has 0 saturated heterocycles. The first-order chi connectivity index (χ1) is 8.58. The average Bonchev–Trinajstić information content (AvgIpc) is 2.33. The average molecular weight is 281 g/mol. The molecule has 0 amide bonds. The summed E-state index contributed by atoms with van der Waals surface area (Å²) >= 11 is 11.8. The lowest BCUT2D eigenvalue weighted by molar-refractivity contribution is 0.628. The third-order valence-electron chi connectivity index (χ3n) is 2.23. The minimum Gasteiger partial charge on any atom is -0.354 e. The van der Waals surface area contributed by atoms with Crippen molar-refractivity contribution in [2.75, 3.05) is 5.32 Å².